The molecule has 0 unspecified atom stereocenters. The Morgan fingerprint density at radius 1 is 1.42 bits per heavy atom. The third-order valence-corrected chi connectivity index (χ3v) is 4.94. The van der Waals surface area contributed by atoms with Gasteiger partial charge in [-0.1, -0.05) is 17.8 Å². The fourth-order valence-electron chi connectivity index (χ4n) is 2.05. The highest BCUT2D eigenvalue weighted by molar-refractivity contribution is 8.01. The number of aromatic nitrogens is 1. The third-order valence-electron chi connectivity index (χ3n) is 2.99. The SMILES string of the molecule is O=C(CSc1nccs1)N1Cc2ccc(O)cc2C1. The van der Waals surface area contributed by atoms with Gasteiger partial charge in [0.1, 0.15) is 10.1 Å². The first-order valence-corrected chi connectivity index (χ1v) is 7.70. The van der Waals surface area contributed by atoms with E-state index in [9.17, 15) is 9.90 Å². The molecule has 3 rings (SSSR count). The maximum atomic E-state index is 12.1. The molecule has 0 spiro atoms. The Bertz CT molecular complexity index is 599. The monoisotopic (exact) mass is 292 g/mol. The van der Waals surface area contributed by atoms with Crippen molar-refractivity contribution in [2.24, 2.45) is 0 Å². The second-order valence-electron chi connectivity index (χ2n) is 4.29. The molecule has 1 N–H and O–H groups in total. The number of aromatic hydroxyl groups is 1. The largest absolute Gasteiger partial charge is 0.508 e. The molecule has 0 atom stereocenters. The zero-order valence-corrected chi connectivity index (χ0v) is 11.7. The molecular weight excluding hydrogens is 280 g/mol. The van der Waals surface area contributed by atoms with Crippen LogP contribution in [0.15, 0.2) is 34.1 Å². The van der Waals surface area contributed by atoms with Crippen molar-refractivity contribution in [1.82, 2.24) is 9.88 Å². The average molecular weight is 292 g/mol. The van der Waals surface area contributed by atoms with Gasteiger partial charge in [0.2, 0.25) is 5.91 Å². The van der Waals surface area contributed by atoms with E-state index in [1.54, 1.807) is 29.7 Å². The number of thiazole rings is 1. The standard InChI is InChI=1S/C13H12N2O2S2/c16-11-2-1-9-6-15(7-10(9)5-11)12(17)8-19-13-14-3-4-18-13/h1-5,16H,6-8H2. The lowest BCUT2D eigenvalue weighted by atomic mass is 10.1. The Morgan fingerprint density at radius 2 is 2.26 bits per heavy atom. The number of rotatable bonds is 3. The highest BCUT2D eigenvalue weighted by Crippen LogP contribution is 2.27. The second-order valence-corrected chi connectivity index (χ2v) is 6.41. The molecular formula is C13H12N2O2S2. The van der Waals surface area contributed by atoms with E-state index in [0.29, 0.717) is 18.8 Å². The summed E-state index contributed by atoms with van der Waals surface area (Å²) in [7, 11) is 0. The summed E-state index contributed by atoms with van der Waals surface area (Å²) in [5.74, 6) is 0.772. The molecule has 1 aliphatic heterocycles. The van der Waals surface area contributed by atoms with Gasteiger partial charge in [-0.05, 0) is 23.3 Å². The van der Waals surface area contributed by atoms with Gasteiger partial charge in [0.15, 0.2) is 0 Å². The van der Waals surface area contributed by atoms with Gasteiger partial charge in [-0.25, -0.2) is 4.98 Å². The van der Waals surface area contributed by atoms with E-state index in [1.165, 1.54) is 11.8 Å². The van der Waals surface area contributed by atoms with Crippen molar-refractivity contribution < 1.29 is 9.90 Å². The van der Waals surface area contributed by atoms with Crippen LogP contribution in [0.3, 0.4) is 0 Å². The summed E-state index contributed by atoms with van der Waals surface area (Å²) >= 11 is 3.02. The number of hydrogen-bond donors (Lipinski definition) is 1. The molecule has 0 radical (unpaired) electrons. The quantitative estimate of drug-likeness (QED) is 0.883. The summed E-state index contributed by atoms with van der Waals surface area (Å²) in [6.45, 7) is 1.22. The number of thioether (sulfide) groups is 1. The van der Waals surface area contributed by atoms with Gasteiger partial charge < -0.3 is 10.0 Å². The molecule has 1 aromatic heterocycles. The van der Waals surface area contributed by atoms with E-state index in [1.807, 2.05) is 16.3 Å². The minimum absolute atomic E-state index is 0.107. The van der Waals surface area contributed by atoms with Crippen LogP contribution in [0.1, 0.15) is 11.1 Å². The molecule has 1 amide bonds. The zero-order chi connectivity index (χ0) is 13.2. The van der Waals surface area contributed by atoms with Crippen LogP contribution in [-0.2, 0) is 17.9 Å². The van der Waals surface area contributed by atoms with Crippen LogP contribution < -0.4 is 0 Å². The lowest BCUT2D eigenvalue weighted by molar-refractivity contribution is -0.128. The van der Waals surface area contributed by atoms with Crippen molar-refractivity contribution in [3.05, 3.63) is 40.9 Å². The van der Waals surface area contributed by atoms with Crippen LogP contribution in [0.25, 0.3) is 0 Å². The summed E-state index contributed by atoms with van der Waals surface area (Å²) in [5.41, 5.74) is 2.15. The van der Waals surface area contributed by atoms with Gasteiger partial charge in [0.25, 0.3) is 0 Å². The van der Waals surface area contributed by atoms with E-state index in [0.717, 1.165) is 15.5 Å². The molecule has 4 nitrogen and oxygen atoms in total. The van der Waals surface area contributed by atoms with Crippen LogP contribution in [0.5, 0.6) is 5.75 Å². The van der Waals surface area contributed by atoms with E-state index >= 15 is 0 Å². The zero-order valence-electron chi connectivity index (χ0n) is 10.1. The minimum atomic E-state index is 0.107. The van der Waals surface area contributed by atoms with E-state index in [-0.39, 0.29) is 11.7 Å². The van der Waals surface area contributed by atoms with Crippen molar-refractivity contribution in [2.45, 2.75) is 17.4 Å². The van der Waals surface area contributed by atoms with Gasteiger partial charge >= 0.3 is 0 Å². The molecule has 0 fully saturated rings. The van der Waals surface area contributed by atoms with Crippen molar-refractivity contribution in [3.8, 4) is 5.75 Å². The molecule has 98 valence electrons. The Balaban J connectivity index is 1.61. The number of phenolic OH excluding ortho intramolecular Hbond substituents is 1. The summed E-state index contributed by atoms with van der Waals surface area (Å²) in [6, 6.07) is 5.28. The van der Waals surface area contributed by atoms with E-state index in [4.69, 9.17) is 0 Å². The predicted octanol–water partition coefficient (Wildman–Crippen LogP) is 2.48. The maximum absolute atomic E-state index is 12.1. The number of benzene rings is 1. The molecule has 1 aliphatic rings. The highest BCUT2D eigenvalue weighted by Gasteiger charge is 2.23. The second kappa shape index (κ2) is 5.22. The molecule has 0 saturated heterocycles. The molecule has 0 saturated carbocycles. The minimum Gasteiger partial charge on any atom is -0.508 e. The molecule has 0 bridgehead atoms. The van der Waals surface area contributed by atoms with Crippen LogP contribution in [0.4, 0.5) is 0 Å². The van der Waals surface area contributed by atoms with Crippen LogP contribution in [0.2, 0.25) is 0 Å². The normalized spacial score (nSPS) is 13.6. The summed E-state index contributed by atoms with van der Waals surface area (Å²) in [6.07, 6.45) is 1.74. The first-order valence-electron chi connectivity index (χ1n) is 5.83. The molecule has 1 aromatic carbocycles. The molecule has 6 heteroatoms. The van der Waals surface area contributed by atoms with Gasteiger partial charge in [0.05, 0.1) is 5.75 Å². The fourth-order valence-corrected chi connectivity index (χ4v) is 3.59. The predicted molar refractivity (Wildman–Crippen MR) is 75.2 cm³/mol. The van der Waals surface area contributed by atoms with Crippen molar-refractivity contribution in [1.29, 1.82) is 0 Å². The van der Waals surface area contributed by atoms with Crippen molar-refractivity contribution in [3.63, 3.8) is 0 Å². The summed E-state index contributed by atoms with van der Waals surface area (Å²) in [5, 5.41) is 11.3. The van der Waals surface area contributed by atoms with Gasteiger partial charge in [-0.15, -0.1) is 11.3 Å². The number of carbonyl (C=O) groups is 1. The Morgan fingerprint density at radius 3 is 3.05 bits per heavy atom. The number of amides is 1. The molecule has 0 aliphatic carbocycles. The number of phenols is 1. The lowest BCUT2D eigenvalue weighted by Crippen LogP contribution is -2.26. The summed E-state index contributed by atoms with van der Waals surface area (Å²) in [4.78, 5) is 18.1. The van der Waals surface area contributed by atoms with Crippen LogP contribution >= 0.6 is 23.1 Å². The van der Waals surface area contributed by atoms with Gasteiger partial charge in [0, 0.05) is 24.7 Å². The first-order chi connectivity index (χ1) is 9.22. The van der Waals surface area contributed by atoms with Gasteiger partial charge in [-0.2, -0.15) is 0 Å². The smallest absolute Gasteiger partial charge is 0.233 e. The number of fused-ring (bicyclic) bond motifs is 1. The Labute approximate surface area is 119 Å². The third kappa shape index (κ3) is 2.74. The fraction of sp³-hybridized carbons (Fsp3) is 0.231. The first kappa shape index (κ1) is 12.5. The molecule has 2 aromatic rings. The topological polar surface area (TPSA) is 53.4 Å². The molecule has 2 heterocycles. The number of hydrogen-bond acceptors (Lipinski definition) is 5. The number of carbonyl (C=O) groups excluding carboxylic acids is 1. The van der Waals surface area contributed by atoms with E-state index < -0.39 is 0 Å². The highest BCUT2D eigenvalue weighted by atomic mass is 32.2. The molecule has 19 heavy (non-hydrogen) atoms. The summed E-state index contributed by atoms with van der Waals surface area (Å²) < 4.78 is 0.919. The number of nitrogens with zero attached hydrogens (tertiary/aromatic N) is 2. The van der Waals surface area contributed by atoms with Crippen molar-refractivity contribution in [2.75, 3.05) is 5.75 Å². The Kier molecular flexibility index (Phi) is 3.44. The van der Waals surface area contributed by atoms with E-state index in [2.05, 4.69) is 4.98 Å². The van der Waals surface area contributed by atoms with Crippen LogP contribution in [-0.4, -0.2) is 26.7 Å². The van der Waals surface area contributed by atoms with Gasteiger partial charge in [-0.3, -0.25) is 4.79 Å². The van der Waals surface area contributed by atoms with Crippen LogP contribution in [0, 0.1) is 0 Å². The average Bonchev–Trinajstić information content (AvgIpc) is 3.04. The maximum Gasteiger partial charge on any atom is 0.233 e. The Hall–Kier alpha value is -1.53. The lowest BCUT2D eigenvalue weighted by Gasteiger charge is -2.14. The van der Waals surface area contributed by atoms with Crippen molar-refractivity contribution >= 4 is 29.0 Å².